The predicted octanol–water partition coefficient (Wildman–Crippen LogP) is 5.06. The molecule has 0 saturated carbocycles. The Bertz CT molecular complexity index is 916. The summed E-state index contributed by atoms with van der Waals surface area (Å²) in [4.78, 5) is 2.12. The van der Waals surface area contributed by atoms with E-state index in [-0.39, 0.29) is 0 Å². The van der Waals surface area contributed by atoms with Crippen LogP contribution in [0.5, 0.6) is 0 Å². The van der Waals surface area contributed by atoms with Crippen LogP contribution in [0.3, 0.4) is 0 Å². The summed E-state index contributed by atoms with van der Waals surface area (Å²) >= 11 is 0. The summed E-state index contributed by atoms with van der Waals surface area (Å²) in [5, 5.41) is 0. The van der Waals surface area contributed by atoms with Crippen LogP contribution in [-0.2, 0) is 0 Å². The van der Waals surface area contributed by atoms with Crippen molar-refractivity contribution in [1.82, 2.24) is 0 Å². The lowest BCUT2D eigenvalue weighted by Crippen LogP contribution is -2.10. The Kier molecular flexibility index (Phi) is 5.87. The van der Waals surface area contributed by atoms with Crippen molar-refractivity contribution in [3.63, 3.8) is 0 Å². The Balaban J connectivity index is 2.03. The van der Waals surface area contributed by atoms with Crippen molar-refractivity contribution in [2.45, 2.75) is 0 Å². The van der Waals surface area contributed by atoms with Gasteiger partial charge in [-0.25, -0.2) is 4.58 Å². The molecule has 2 heteroatoms. The van der Waals surface area contributed by atoms with Crippen molar-refractivity contribution < 1.29 is 4.58 Å². The molecule has 0 amide bonds. The first-order chi connectivity index (χ1) is 13.0. The van der Waals surface area contributed by atoms with Crippen LogP contribution in [0.25, 0.3) is 11.6 Å². The lowest BCUT2D eigenvalue weighted by Gasteiger charge is -2.14. The summed E-state index contributed by atoms with van der Waals surface area (Å²) in [5.41, 5.74) is 7.25. The van der Waals surface area contributed by atoms with E-state index >= 15 is 0 Å². The van der Waals surface area contributed by atoms with E-state index in [1.807, 2.05) is 6.07 Å². The van der Waals surface area contributed by atoms with E-state index in [1.54, 1.807) is 0 Å². The van der Waals surface area contributed by atoms with Crippen LogP contribution in [0.1, 0.15) is 11.1 Å². The molecular formula is C25H27N2+. The maximum Gasteiger partial charge on any atom is 0.199 e. The van der Waals surface area contributed by atoms with Gasteiger partial charge >= 0.3 is 0 Å². The first-order valence-corrected chi connectivity index (χ1v) is 9.20. The molecule has 0 saturated heterocycles. The molecule has 3 rings (SSSR count). The molecule has 0 N–H and O–H groups in total. The molecule has 136 valence electrons. The van der Waals surface area contributed by atoms with Gasteiger partial charge in [0.15, 0.2) is 5.71 Å². The van der Waals surface area contributed by atoms with Crippen LogP contribution in [-0.4, -0.2) is 38.5 Å². The van der Waals surface area contributed by atoms with Gasteiger partial charge in [0, 0.05) is 31.9 Å². The first kappa shape index (κ1) is 18.7. The summed E-state index contributed by atoms with van der Waals surface area (Å²) in [6.45, 7) is 0. The van der Waals surface area contributed by atoms with Gasteiger partial charge in [-0.3, -0.25) is 0 Å². The third kappa shape index (κ3) is 4.73. The highest BCUT2D eigenvalue weighted by molar-refractivity contribution is 6.03. The fourth-order valence-corrected chi connectivity index (χ4v) is 2.98. The Morgan fingerprint density at radius 2 is 1.44 bits per heavy atom. The Labute approximate surface area is 162 Å². The van der Waals surface area contributed by atoms with E-state index in [4.69, 9.17) is 0 Å². The summed E-state index contributed by atoms with van der Waals surface area (Å²) in [5.74, 6) is 0. The molecule has 0 atom stereocenters. The Hall–Kier alpha value is -3.13. The van der Waals surface area contributed by atoms with Gasteiger partial charge in [-0.05, 0) is 46.6 Å². The van der Waals surface area contributed by atoms with Gasteiger partial charge < -0.3 is 4.90 Å². The van der Waals surface area contributed by atoms with E-state index < -0.39 is 0 Å². The molecule has 0 fully saturated rings. The smallest absolute Gasteiger partial charge is 0.199 e. The molecule has 2 aromatic rings. The van der Waals surface area contributed by atoms with Crippen molar-refractivity contribution >= 4 is 23.0 Å². The third-order valence-corrected chi connectivity index (χ3v) is 4.63. The highest BCUT2D eigenvalue weighted by Crippen LogP contribution is 2.26. The third-order valence-electron chi connectivity index (χ3n) is 4.63. The van der Waals surface area contributed by atoms with Gasteiger partial charge in [0.25, 0.3) is 0 Å². The number of rotatable bonds is 4. The summed E-state index contributed by atoms with van der Waals surface area (Å²) in [6.07, 6.45) is 13.1. The van der Waals surface area contributed by atoms with Gasteiger partial charge in [0.1, 0.15) is 14.1 Å². The topological polar surface area (TPSA) is 6.25 Å². The second kappa shape index (κ2) is 8.50. The molecule has 0 bridgehead atoms. The predicted molar refractivity (Wildman–Crippen MR) is 119 cm³/mol. The SMILES string of the molecule is CN(C)c1ccc(C(/C=C/c2ccccc2)=C2C=CC(=[N+](C)C)C=C2)cc1. The van der Waals surface area contributed by atoms with Crippen molar-refractivity contribution in [2.75, 3.05) is 33.1 Å². The number of anilines is 1. The standard InChI is InChI=1S/C25H27N2/c1-26(2)23-15-11-21(12-16-23)25(19-10-20-8-6-5-7-9-20)22-13-17-24(18-14-22)27(3)4/h5-19H,1-4H3/q+1/b19-10+. The summed E-state index contributed by atoms with van der Waals surface area (Å²) in [7, 11) is 8.26. The first-order valence-electron chi connectivity index (χ1n) is 9.20. The number of allylic oxidation sites excluding steroid dienone is 7. The Morgan fingerprint density at radius 1 is 0.815 bits per heavy atom. The monoisotopic (exact) mass is 355 g/mol. The maximum absolute atomic E-state index is 2.21. The zero-order valence-corrected chi connectivity index (χ0v) is 16.6. The maximum atomic E-state index is 2.21. The van der Waals surface area contributed by atoms with Crippen LogP contribution in [0.4, 0.5) is 5.69 Å². The van der Waals surface area contributed by atoms with E-state index in [1.165, 1.54) is 33.7 Å². The van der Waals surface area contributed by atoms with Crippen LogP contribution in [0, 0.1) is 0 Å². The highest BCUT2D eigenvalue weighted by atomic mass is 15.1. The minimum atomic E-state index is 1.20. The number of benzene rings is 2. The highest BCUT2D eigenvalue weighted by Gasteiger charge is 2.09. The average Bonchev–Trinajstić information content (AvgIpc) is 2.69. The van der Waals surface area contributed by atoms with Crippen LogP contribution in [0.2, 0.25) is 0 Å². The van der Waals surface area contributed by atoms with Gasteiger partial charge in [0.05, 0.1) is 0 Å². The van der Waals surface area contributed by atoms with Crippen molar-refractivity contribution in [3.05, 3.63) is 102 Å². The number of nitrogens with zero attached hydrogens (tertiary/aromatic N) is 2. The van der Waals surface area contributed by atoms with E-state index in [2.05, 4.69) is 123 Å². The van der Waals surface area contributed by atoms with Gasteiger partial charge in [0.2, 0.25) is 0 Å². The van der Waals surface area contributed by atoms with Crippen molar-refractivity contribution in [3.8, 4) is 0 Å². The summed E-state index contributed by atoms with van der Waals surface area (Å²) in [6, 6.07) is 19.1. The molecule has 0 aliphatic heterocycles. The van der Waals surface area contributed by atoms with Gasteiger partial charge in [-0.2, -0.15) is 0 Å². The lowest BCUT2D eigenvalue weighted by atomic mass is 9.95. The van der Waals surface area contributed by atoms with Crippen molar-refractivity contribution in [1.29, 1.82) is 0 Å². The minimum Gasteiger partial charge on any atom is -0.378 e. The molecule has 2 nitrogen and oxygen atoms in total. The summed E-state index contributed by atoms with van der Waals surface area (Å²) < 4.78 is 2.12. The molecular weight excluding hydrogens is 328 g/mol. The molecule has 2 aromatic carbocycles. The zero-order chi connectivity index (χ0) is 19.2. The Morgan fingerprint density at radius 3 is 2.00 bits per heavy atom. The largest absolute Gasteiger partial charge is 0.378 e. The van der Waals surface area contributed by atoms with Crippen LogP contribution < -0.4 is 4.90 Å². The minimum absolute atomic E-state index is 1.20. The molecule has 0 unspecified atom stereocenters. The molecule has 0 heterocycles. The molecule has 0 spiro atoms. The molecule has 0 radical (unpaired) electrons. The zero-order valence-electron chi connectivity index (χ0n) is 16.6. The lowest BCUT2D eigenvalue weighted by molar-refractivity contribution is -0.462. The number of hydrogen-bond acceptors (Lipinski definition) is 1. The van der Waals surface area contributed by atoms with E-state index in [9.17, 15) is 0 Å². The van der Waals surface area contributed by atoms with Gasteiger partial charge in [-0.15, -0.1) is 0 Å². The quantitative estimate of drug-likeness (QED) is 0.695. The van der Waals surface area contributed by atoms with E-state index in [0.29, 0.717) is 0 Å². The normalized spacial score (nSPS) is 13.3. The van der Waals surface area contributed by atoms with Crippen molar-refractivity contribution in [2.24, 2.45) is 0 Å². The van der Waals surface area contributed by atoms with Crippen LogP contribution in [0.15, 0.2) is 90.6 Å². The van der Waals surface area contributed by atoms with Crippen LogP contribution >= 0.6 is 0 Å². The molecule has 27 heavy (non-hydrogen) atoms. The molecule has 0 aromatic heterocycles. The average molecular weight is 356 g/mol. The molecule has 1 aliphatic carbocycles. The number of hydrogen-bond donors (Lipinski definition) is 0. The second-order valence-electron chi connectivity index (χ2n) is 7.04. The van der Waals surface area contributed by atoms with E-state index in [0.717, 1.165) is 0 Å². The second-order valence-corrected chi connectivity index (χ2v) is 7.04. The fourth-order valence-electron chi connectivity index (χ4n) is 2.98. The molecule has 1 aliphatic rings. The van der Waals surface area contributed by atoms with Gasteiger partial charge in [-0.1, -0.05) is 54.6 Å². The fraction of sp³-hybridized carbons (Fsp3) is 0.160.